The van der Waals surface area contributed by atoms with Crippen molar-refractivity contribution in [1.82, 2.24) is 0 Å². The van der Waals surface area contributed by atoms with Crippen molar-refractivity contribution >= 4 is 27.8 Å². The third kappa shape index (κ3) is 4.57. The fraction of sp³-hybridized carbons (Fsp3) is 0.357. The van der Waals surface area contributed by atoms with Crippen LogP contribution in [0.4, 0.5) is 5.69 Å². The van der Waals surface area contributed by atoms with Crippen LogP contribution in [0.2, 0.25) is 0 Å². The Morgan fingerprint density at radius 3 is 2.71 bits per heavy atom. The zero-order valence-corrected chi connectivity index (χ0v) is 12.2. The molecule has 0 saturated carbocycles. The predicted octanol–water partition coefficient (Wildman–Crippen LogP) is 1.71. The molecule has 1 saturated heterocycles. The Kier molecular flexibility index (Phi) is 4.98. The molecule has 1 heterocycles. The molecule has 1 aliphatic heterocycles. The van der Waals surface area contributed by atoms with Gasteiger partial charge in [0, 0.05) is 25.0 Å². The lowest BCUT2D eigenvalue weighted by molar-refractivity contribution is -0.131. The van der Waals surface area contributed by atoms with Gasteiger partial charge in [0.25, 0.3) is 0 Å². The minimum absolute atomic E-state index is 0.425. The zero-order chi connectivity index (χ0) is 15.3. The van der Waals surface area contributed by atoms with Crippen LogP contribution in [0.3, 0.4) is 0 Å². The van der Waals surface area contributed by atoms with E-state index in [9.17, 15) is 13.2 Å². The summed E-state index contributed by atoms with van der Waals surface area (Å²) in [6, 6.07) is 6.60. The molecule has 2 rings (SSSR count). The van der Waals surface area contributed by atoms with Crippen LogP contribution in [0.25, 0.3) is 6.08 Å². The Morgan fingerprint density at radius 1 is 1.33 bits per heavy atom. The van der Waals surface area contributed by atoms with Crippen LogP contribution >= 0.6 is 0 Å². The van der Waals surface area contributed by atoms with Gasteiger partial charge < -0.3 is 9.84 Å². The van der Waals surface area contributed by atoms with Crippen LogP contribution in [0, 0.1) is 0 Å². The summed E-state index contributed by atoms with van der Waals surface area (Å²) < 4.78 is 32.2. The highest BCUT2D eigenvalue weighted by atomic mass is 32.2. The molecule has 21 heavy (non-hydrogen) atoms. The second-order valence-electron chi connectivity index (χ2n) is 4.76. The van der Waals surface area contributed by atoms with E-state index >= 15 is 0 Å². The van der Waals surface area contributed by atoms with E-state index in [0.717, 1.165) is 6.08 Å². The van der Waals surface area contributed by atoms with E-state index in [1.54, 1.807) is 24.3 Å². The number of anilines is 1. The number of carbonyl (C=O) groups is 1. The summed E-state index contributed by atoms with van der Waals surface area (Å²) in [5.41, 5.74) is 1.04. The quantitative estimate of drug-likeness (QED) is 0.807. The molecular formula is C14H17NO5S. The molecule has 0 amide bonds. The molecule has 0 atom stereocenters. The molecule has 0 spiro atoms. The monoisotopic (exact) mass is 311 g/mol. The van der Waals surface area contributed by atoms with E-state index in [4.69, 9.17) is 9.84 Å². The van der Waals surface area contributed by atoms with E-state index < -0.39 is 21.2 Å². The first-order chi connectivity index (χ1) is 9.97. The fourth-order valence-electron chi connectivity index (χ4n) is 2.11. The number of carboxylic acid groups (broad SMARTS) is 1. The zero-order valence-electron chi connectivity index (χ0n) is 11.4. The van der Waals surface area contributed by atoms with Crippen LogP contribution in [-0.4, -0.2) is 38.0 Å². The van der Waals surface area contributed by atoms with E-state index in [0.29, 0.717) is 37.3 Å². The average Bonchev–Trinajstić information content (AvgIpc) is 2.46. The summed E-state index contributed by atoms with van der Waals surface area (Å²) in [6.45, 7) is 0.903. The van der Waals surface area contributed by atoms with Gasteiger partial charge in [0.1, 0.15) is 0 Å². The third-order valence-corrected chi connectivity index (χ3v) is 5.04. The van der Waals surface area contributed by atoms with Crippen molar-refractivity contribution in [2.75, 3.05) is 17.9 Å². The molecule has 1 aliphatic rings. The first-order valence-electron chi connectivity index (χ1n) is 6.58. The van der Waals surface area contributed by atoms with Gasteiger partial charge in [-0.1, -0.05) is 12.1 Å². The summed E-state index contributed by atoms with van der Waals surface area (Å²) in [5, 5.41) is 8.14. The Morgan fingerprint density at radius 2 is 2.05 bits per heavy atom. The van der Waals surface area contributed by atoms with E-state index in [2.05, 4.69) is 4.72 Å². The Hall–Kier alpha value is -1.86. The van der Waals surface area contributed by atoms with E-state index in [1.807, 2.05) is 0 Å². The van der Waals surface area contributed by atoms with Crippen molar-refractivity contribution in [3.63, 3.8) is 0 Å². The number of sulfonamides is 1. The van der Waals surface area contributed by atoms with Crippen LogP contribution < -0.4 is 4.72 Å². The van der Waals surface area contributed by atoms with E-state index in [1.165, 1.54) is 6.08 Å². The number of rotatable bonds is 5. The lowest BCUT2D eigenvalue weighted by Crippen LogP contribution is -2.33. The molecule has 6 nitrogen and oxygen atoms in total. The number of nitrogens with one attached hydrogen (secondary N) is 1. The van der Waals surface area contributed by atoms with Crippen LogP contribution in [0.15, 0.2) is 30.3 Å². The normalized spacial score (nSPS) is 17.0. The van der Waals surface area contributed by atoms with Crippen molar-refractivity contribution in [3.8, 4) is 0 Å². The minimum Gasteiger partial charge on any atom is -0.478 e. The van der Waals surface area contributed by atoms with Crippen LogP contribution in [0.1, 0.15) is 18.4 Å². The fourth-order valence-corrected chi connectivity index (χ4v) is 3.54. The number of benzene rings is 1. The Balaban J connectivity index is 2.11. The van der Waals surface area contributed by atoms with Crippen molar-refractivity contribution < 1.29 is 23.1 Å². The lowest BCUT2D eigenvalue weighted by atomic mass is 10.2. The van der Waals surface area contributed by atoms with E-state index in [-0.39, 0.29) is 0 Å². The standard InChI is InChI=1S/C14H17NO5S/c16-14(17)5-4-11-2-1-3-12(10-11)15-21(18,19)13-6-8-20-9-7-13/h1-5,10,13,15H,6-9H2,(H,16,17). The third-order valence-electron chi connectivity index (χ3n) is 3.17. The molecule has 0 bridgehead atoms. The van der Waals surface area contributed by atoms with Crippen molar-refractivity contribution in [2.24, 2.45) is 0 Å². The average molecular weight is 311 g/mol. The number of hydrogen-bond donors (Lipinski definition) is 2. The minimum atomic E-state index is -3.45. The number of aliphatic carboxylic acids is 1. The molecule has 7 heteroatoms. The molecule has 2 N–H and O–H groups in total. The van der Waals surface area contributed by atoms with Crippen LogP contribution in [-0.2, 0) is 19.6 Å². The van der Waals surface area contributed by atoms with Gasteiger partial charge in [-0.3, -0.25) is 4.72 Å². The number of carboxylic acids is 1. The highest BCUT2D eigenvalue weighted by Gasteiger charge is 2.27. The maximum Gasteiger partial charge on any atom is 0.328 e. The smallest absolute Gasteiger partial charge is 0.328 e. The first-order valence-corrected chi connectivity index (χ1v) is 8.12. The second kappa shape index (κ2) is 6.73. The summed E-state index contributed by atoms with van der Waals surface area (Å²) in [6.07, 6.45) is 3.38. The molecule has 1 aromatic carbocycles. The number of hydrogen-bond acceptors (Lipinski definition) is 4. The summed E-state index contributed by atoms with van der Waals surface area (Å²) in [5.74, 6) is -1.05. The molecule has 0 radical (unpaired) electrons. The van der Waals surface area contributed by atoms with Gasteiger partial charge in [-0.15, -0.1) is 0 Å². The van der Waals surface area contributed by atoms with Crippen molar-refractivity contribution in [2.45, 2.75) is 18.1 Å². The Bertz CT molecular complexity index is 633. The summed E-state index contributed by atoms with van der Waals surface area (Å²) >= 11 is 0. The SMILES string of the molecule is O=C(O)C=Cc1cccc(NS(=O)(=O)C2CCOCC2)c1. The van der Waals surface area contributed by atoms with Gasteiger partial charge in [0.15, 0.2) is 0 Å². The molecule has 1 aromatic rings. The lowest BCUT2D eigenvalue weighted by Gasteiger charge is -2.22. The van der Waals surface area contributed by atoms with Gasteiger partial charge >= 0.3 is 5.97 Å². The molecular weight excluding hydrogens is 294 g/mol. The topological polar surface area (TPSA) is 92.7 Å². The summed E-state index contributed by atoms with van der Waals surface area (Å²) in [7, 11) is -3.45. The van der Waals surface area contributed by atoms with Crippen LogP contribution in [0.5, 0.6) is 0 Å². The number of ether oxygens (including phenoxy) is 1. The largest absolute Gasteiger partial charge is 0.478 e. The summed E-state index contributed by atoms with van der Waals surface area (Å²) in [4.78, 5) is 10.5. The van der Waals surface area contributed by atoms with Gasteiger partial charge in [0.2, 0.25) is 10.0 Å². The molecule has 1 fully saturated rings. The van der Waals surface area contributed by atoms with Crippen molar-refractivity contribution in [1.29, 1.82) is 0 Å². The van der Waals surface area contributed by atoms with Gasteiger partial charge in [0.05, 0.1) is 5.25 Å². The molecule has 0 aliphatic carbocycles. The maximum absolute atomic E-state index is 12.3. The predicted molar refractivity (Wildman–Crippen MR) is 79.5 cm³/mol. The van der Waals surface area contributed by atoms with Gasteiger partial charge in [-0.05, 0) is 36.6 Å². The highest BCUT2D eigenvalue weighted by molar-refractivity contribution is 7.93. The van der Waals surface area contributed by atoms with Crippen molar-refractivity contribution in [3.05, 3.63) is 35.9 Å². The van der Waals surface area contributed by atoms with Gasteiger partial charge in [-0.25, -0.2) is 13.2 Å². The molecule has 0 unspecified atom stereocenters. The van der Waals surface area contributed by atoms with Gasteiger partial charge in [-0.2, -0.15) is 0 Å². The molecule has 114 valence electrons. The molecule has 0 aromatic heterocycles. The maximum atomic E-state index is 12.3. The first kappa shape index (κ1) is 15.5. The highest BCUT2D eigenvalue weighted by Crippen LogP contribution is 2.20. The second-order valence-corrected chi connectivity index (χ2v) is 6.72. The Labute approximate surface area is 123 Å².